The Kier molecular flexibility index (Phi) is 4.08. The summed E-state index contributed by atoms with van der Waals surface area (Å²) in [6.07, 6.45) is 0.361. The molecular formula is C19H17N3O3S. The molecule has 1 aliphatic heterocycles. The zero-order chi connectivity index (χ0) is 18.3. The Labute approximate surface area is 154 Å². The lowest BCUT2D eigenvalue weighted by atomic mass is 10.1. The Morgan fingerprint density at radius 2 is 2.08 bits per heavy atom. The second-order valence-corrected chi connectivity index (χ2v) is 6.42. The van der Waals surface area contributed by atoms with Crippen LogP contribution in [0.15, 0.2) is 47.3 Å². The Bertz CT molecular complexity index is 1130. The highest BCUT2D eigenvalue weighted by atomic mass is 32.1. The van der Waals surface area contributed by atoms with Gasteiger partial charge in [-0.1, -0.05) is 12.1 Å². The number of H-pyrrole nitrogens is 1. The van der Waals surface area contributed by atoms with Crippen molar-refractivity contribution in [3.8, 4) is 5.69 Å². The van der Waals surface area contributed by atoms with Gasteiger partial charge in [0, 0.05) is 6.54 Å². The predicted molar refractivity (Wildman–Crippen MR) is 103 cm³/mol. The maximum atomic E-state index is 12.9. The molecule has 0 bridgehead atoms. The second-order valence-electron chi connectivity index (χ2n) is 6.03. The van der Waals surface area contributed by atoms with E-state index in [0.29, 0.717) is 40.9 Å². The van der Waals surface area contributed by atoms with Crippen LogP contribution in [0.5, 0.6) is 0 Å². The summed E-state index contributed by atoms with van der Waals surface area (Å²) in [5.74, 6) is 0. The first-order valence-electron chi connectivity index (χ1n) is 8.42. The molecule has 3 aromatic rings. The maximum absolute atomic E-state index is 12.9. The van der Waals surface area contributed by atoms with Gasteiger partial charge in [0.25, 0.3) is 5.56 Å². The minimum atomic E-state index is -0.348. The van der Waals surface area contributed by atoms with Gasteiger partial charge in [0.1, 0.15) is 0 Å². The van der Waals surface area contributed by atoms with Gasteiger partial charge in [-0.15, -0.1) is 0 Å². The molecule has 0 radical (unpaired) electrons. The van der Waals surface area contributed by atoms with Crippen molar-refractivity contribution in [1.82, 2.24) is 9.55 Å². The van der Waals surface area contributed by atoms with Gasteiger partial charge in [0.2, 0.25) is 0 Å². The number of hydrogen-bond acceptors (Lipinski definition) is 4. The van der Waals surface area contributed by atoms with E-state index < -0.39 is 0 Å². The molecule has 1 N–H and O–H groups in total. The van der Waals surface area contributed by atoms with Crippen molar-refractivity contribution < 1.29 is 9.53 Å². The Morgan fingerprint density at radius 3 is 2.88 bits per heavy atom. The van der Waals surface area contributed by atoms with Crippen molar-refractivity contribution >= 4 is 34.9 Å². The van der Waals surface area contributed by atoms with Crippen LogP contribution >= 0.6 is 12.2 Å². The molecule has 0 saturated heterocycles. The number of nitrogens with zero attached hydrogens (tertiary/aromatic N) is 2. The molecule has 0 atom stereocenters. The van der Waals surface area contributed by atoms with Crippen molar-refractivity contribution in [1.29, 1.82) is 0 Å². The molecule has 0 unspecified atom stereocenters. The van der Waals surface area contributed by atoms with Gasteiger partial charge < -0.3 is 9.72 Å². The van der Waals surface area contributed by atoms with Crippen molar-refractivity contribution in [2.24, 2.45) is 0 Å². The van der Waals surface area contributed by atoms with Crippen molar-refractivity contribution in [3.05, 3.63) is 63.2 Å². The van der Waals surface area contributed by atoms with Crippen LogP contribution in [0.3, 0.4) is 0 Å². The Balaban J connectivity index is 1.82. The Morgan fingerprint density at radius 1 is 1.27 bits per heavy atom. The van der Waals surface area contributed by atoms with Crippen molar-refractivity contribution in [3.63, 3.8) is 0 Å². The summed E-state index contributed by atoms with van der Waals surface area (Å²) >= 11 is 5.40. The smallest absolute Gasteiger partial charge is 0.414 e. The first kappa shape index (κ1) is 16.5. The van der Waals surface area contributed by atoms with Crippen LogP contribution in [0.2, 0.25) is 0 Å². The highest BCUT2D eigenvalue weighted by molar-refractivity contribution is 7.71. The third-order valence-corrected chi connectivity index (χ3v) is 4.79. The lowest BCUT2D eigenvalue weighted by Crippen LogP contribution is -2.29. The number of anilines is 1. The molecular weight excluding hydrogens is 350 g/mol. The fourth-order valence-corrected chi connectivity index (χ4v) is 3.61. The van der Waals surface area contributed by atoms with Crippen molar-refractivity contribution in [2.75, 3.05) is 18.1 Å². The monoisotopic (exact) mass is 367 g/mol. The summed E-state index contributed by atoms with van der Waals surface area (Å²) in [6, 6.07) is 12.8. The van der Waals surface area contributed by atoms with Gasteiger partial charge in [-0.05, 0) is 61.5 Å². The van der Waals surface area contributed by atoms with Crippen molar-refractivity contribution in [2.45, 2.75) is 13.3 Å². The Hall–Kier alpha value is -2.93. The summed E-state index contributed by atoms with van der Waals surface area (Å²) in [6.45, 7) is 2.69. The van der Waals surface area contributed by atoms with Gasteiger partial charge in [-0.2, -0.15) is 0 Å². The number of carbonyl (C=O) groups is 1. The molecule has 0 fully saturated rings. The van der Waals surface area contributed by atoms with Crippen LogP contribution in [0.4, 0.5) is 10.5 Å². The van der Waals surface area contributed by atoms with E-state index >= 15 is 0 Å². The first-order chi connectivity index (χ1) is 12.6. The minimum absolute atomic E-state index is 0.162. The fraction of sp³-hybridized carbons (Fsp3) is 0.211. The van der Waals surface area contributed by atoms with Gasteiger partial charge in [-0.25, -0.2) is 4.79 Å². The van der Waals surface area contributed by atoms with Crippen LogP contribution in [0.25, 0.3) is 16.6 Å². The highest BCUT2D eigenvalue weighted by Crippen LogP contribution is 2.30. The molecule has 1 aliphatic rings. The van der Waals surface area contributed by atoms with E-state index in [4.69, 9.17) is 17.0 Å². The molecule has 0 saturated carbocycles. The standard InChI is InChI=1S/C19H17N3O3S/c1-2-25-19(24)21-10-9-12-11-13(7-8-16(12)21)22-17(23)14-5-3-4-6-15(14)20-18(22)26/h3-8,11H,2,9-10H2,1H3,(H,20,26). The second kappa shape index (κ2) is 6.42. The number of carbonyl (C=O) groups excluding carboxylic acids is 1. The minimum Gasteiger partial charge on any atom is -0.449 e. The zero-order valence-electron chi connectivity index (χ0n) is 14.2. The average Bonchev–Trinajstić information content (AvgIpc) is 3.05. The van der Waals surface area contributed by atoms with Gasteiger partial charge >= 0.3 is 6.09 Å². The van der Waals surface area contributed by atoms with Gasteiger partial charge in [-0.3, -0.25) is 14.3 Å². The van der Waals surface area contributed by atoms with E-state index in [1.807, 2.05) is 30.3 Å². The van der Waals surface area contributed by atoms with E-state index in [2.05, 4.69) is 4.98 Å². The number of ether oxygens (including phenoxy) is 1. The lowest BCUT2D eigenvalue weighted by molar-refractivity contribution is 0.160. The number of benzene rings is 2. The number of fused-ring (bicyclic) bond motifs is 2. The predicted octanol–water partition coefficient (Wildman–Crippen LogP) is 3.57. The molecule has 0 aliphatic carbocycles. The average molecular weight is 367 g/mol. The van der Waals surface area contributed by atoms with Crippen LogP contribution in [0.1, 0.15) is 12.5 Å². The summed E-state index contributed by atoms with van der Waals surface area (Å²) < 4.78 is 6.93. The fourth-order valence-electron chi connectivity index (χ4n) is 3.32. The van der Waals surface area contributed by atoms with E-state index in [1.165, 1.54) is 4.57 Å². The summed E-state index contributed by atoms with van der Waals surface area (Å²) in [5, 5.41) is 0.578. The molecule has 2 aromatic carbocycles. The number of aromatic amines is 1. The molecule has 6 nitrogen and oxygen atoms in total. The molecule has 132 valence electrons. The number of hydrogen-bond donors (Lipinski definition) is 1. The van der Waals surface area contributed by atoms with E-state index in [0.717, 1.165) is 11.3 Å². The number of para-hydroxylation sites is 1. The topological polar surface area (TPSA) is 67.3 Å². The summed E-state index contributed by atoms with van der Waals surface area (Å²) in [4.78, 5) is 29.7. The molecule has 1 aromatic heterocycles. The van der Waals surface area contributed by atoms with Crippen LogP contribution in [-0.2, 0) is 11.2 Å². The molecule has 1 amide bonds. The number of aromatic nitrogens is 2. The van der Waals surface area contributed by atoms with Gasteiger partial charge in [0.05, 0.1) is 28.9 Å². The number of rotatable bonds is 2. The highest BCUT2D eigenvalue weighted by Gasteiger charge is 2.26. The van der Waals surface area contributed by atoms with Crippen LogP contribution < -0.4 is 10.5 Å². The molecule has 2 heterocycles. The van der Waals surface area contributed by atoms with Gasteiger partial charge in [0.15, 0.2) is 4.77 Å². The largest absolute Gasteiger partial charge is 0.449 e. The molecule has 0 spiro atoms. The third-order valence-electron chi connectivity index (χ3n) is 4.51. The number of amides is 1. The summed E-state index contributed by atoms with van der Waals surface area (Å²) in [5.41, 5.74) is 3.05. The molecule has 26 heavy (non-hydrogen) atoms. The summed E-state index contributed by atoms with van der Waals surface area (Å²) in [7, 11) is 0. The lowest BCUT2D eigenvalue weighted by Gasteiger charge is -2.17. The van der Waals surface area contributed by atoms with E-state index in [-0.39, 0.29) is 11.7 Å². The van der Waals surface area contributed by atoms with E-state index in [1.54, 1.807) is 24.0 Å². The first-order valence-corrected chi connectivity index (χ1v) is 8.82. The van der Waals surface area contributed by atoms with Crippen LogP contribution in [-0.4, -0.2) is 28.8 Å². The normalized spacial score (nSPS) is 13.0. The van der Waals surface area contributed by atoms with E-state index in [9.17, 15) is 9.59 Å². The maximum Gasteiger partial charge on any atom is 0.414 e. The quantitative estimate of drug-likeness (QED) is 0.703. The molecule has 4 rings (SSSR count). The third kappa shape index (κ3) is 2.61. The SMILES string of the molecule is CCOC(=O)N1CCc2cc(-n3c(=S)[nH]c4ccccc4c3=O)ccc21. The zero-order valence-corrected chi connectivity index (χ0v) is 15.0. The number of nitrogens with one attached hydrogen (secondary N) is 1. The van der Waals surface area contributed by atoms with Crippen LogP contribution in [0, 0.1) is 4.77 Å². The molecule has 7 heteroatoms.